The zero-order valence-corrected chi connectivity index (χ0v) is 11.7. The fraction of sp³-hybridized carbons (Fsp3) is 0.267. The summed E-state index contributed by atoms with van der Waals surface area (Å²) in [4.78, 5) is 12.2. The monoisotopic (exact) mass is 289 g/mol. The number of hydrogen-bond acceptors (Lipinski definition) is 3. The maximum atomic E-state index is 12.2. The van der Waals surface area contributed by atoms with Crippen LogP contribution in [0.5, 0.6) is 0 Å². The van der Waals surface area contributed by atoms with E-state index in [9.17, 15) is 13.2 Å². The quantitative estimate of drug-likeness (QED) is 0.939. The number of carbonyl (C=O) groups excluding carboxylic acids is 1. The van der Waals surface area contributed by atoms with Crippen LogP contribution in [0, 0.1) is 5.92 Å². The Morgan fingerprint density at radius 2 is 1.80 bits per heavy atom. The number of fused-ring (bicyclic) bond motifs is 1. The molecule has 2 aromatic rings. The van der Waals surface area contributed by atoms with Gasteiger partial charge in [-0.3, -0.25) is 4.79 Å². The van der Waals surface area contributed by atoms with E-state index in [1.165, 1.54) is 0 Å². The van der Waals surface area contributed by atoms with Gasteiger partial charge in [-0.2, -0.15) is 0 Å². The number of nitrogens with one attached hydrogen (secondary N) is 1. The van der Waals surface area contributed by atoms with Gasteiger partial charge in [0.25, 0.3) is 5.91 Å². The number of sulfonamides is 1. The molecule has 3 rings (SSSR count). The molecule has 0 radical (unpaired) electrons. The Balaban J connectivity index is 1.89. The molecule has 0 saturated heterocycles. The first-order chi connectivity index (χ1) is 9.55. The standard InChI is InChI=1S/C15H15NO3S/c17-15(16-20(18,19)10-11-8-9-11)14-7-3-5-12-4-1-2-6-13(12)14/h1-7,11H,8-10H2,(H,16,17). The van der Waals surface area contributed by atoms with Crippen molar-refractivity contribution in [3.8, 4) is 0 Å². The number of hydrogen-bond donors (Lipinski definition) is 1. The molecule has 5 heteroatoms. The molecule has 104 valence electrons. The fourth-order valence-corrected chi connectivity index (χ4v) is 3.69. The van der Waals surface area contributed by atoms with Gasteiger partial charge in [0, 0.05) is 5.56 Å². The highest BCUT2D eigenvalue weighted by atomic mass is 32.2. The van der Waals surface area contributed by atoms with Crippen LogP contribution in [0.2, 0.25) is 0 Å². The van der Waals surface area contributed by atoms with Crippen molar-refractivity contribution in [3.05, 3.63) is 48.0 Å². The van der Waals surface area contributed by atoms with E-state index < -0.39 is 15.9 Å². The third-order valence-electron chi connectivity index (χ3n) is 3.43. The predicted molar refractivity (Wildman–Crippen MR) is 77.9 cm³/mol. The molecular weight excluding hydrogens is 274 g/mol. The largest absolute Gasteiger partial charge is 0.268 e. The Morgan fingerprint density at radius 3 is 2.55 bits per heavy atom. The Morgan fingerprint density at radius 1 is 1.10 bits per heavy atom. The van der Waals surface area contributed by atoms with Crippen molar-refractivity contribution in [1.29, 1.82) is 0 Å². The molecule has 0 aromatic heterocycles. The van der Waals surface area contributed by atoms with Gasteiger partial charge in [0.2, 0.25) is 10.0 Å². The van der Waals surface area contributed by atoms with Crippen LogP contribution < -0.4 is 4.72 Å². The topological polar surface area (TPSA) is 63.2 Å². The maximum absolute atomic E-state index is 12.2. The van der Waals surface area contributed by atoms with Crippen molar-refractivity contribution in [2.75, 3.05) is 5.75 Å². The molecule has 1 saturated carbocycles. The third-order valence-corrected chi connectivity index (χ3v) is 4.84. The highest BCUT2D eigenvalue weighted by molar-refractivity contribution is 7.90. The van der Waals surface area contributed by atoms with E-state index in [1.807, 2.05) is 30.3 Å². The molecule has 1 aliphatic rings. The highest BCUT2D eigenvalue weighted by Gasteiger charge is 2.29. The highest BCUT2D eigenvalue weighted by Crippen LogP contribution is 2.30. The summed E-state index contributed by atoms with van der Waals surface area (Å²) in [7, 11) is -3.53. The fourth-order valence-electron chi connectivity index (χ4n) is 2.26. The summed E-state index contributed by atoms with van der Waals surface area (Å²) in [6.07, 6.45) is 1.87. The average molecular weight is 289 g/mol. The van der Waals surface area contributed by atoms with Crippen LogP contribution in [0.3, 0.4) is 0 Å². The van der Waals surface area contributed by atoms with Gasteiger partial charge in [0.15, 0.2) is 0 Å². The van der Waals surface area contributed by atoms with Crippen LogP contribution in [-0.4, -0.2) is 20.1 Å². The second-order valence-corrected chi connectivity index (χ2v) is 6.95. The van der Waals surface area contributed by atoms with Gasteiger partial charge >= 0.3 is 0 Å². The van der Waals surface area contributed by atoms with E-state index in [2.05, 4.69) is 4.72 Å². The Bertz CT molecular complexity index is 758. The molecule has 1 amide bonds. The molecule has 0 atom stereocenters. The second-order valence-electron chi connectivity index (χ2n) is 5.18. The van der Waals surface area contributed by atoms with E-state index in [0.29, 0.717) is 5.56 Å². The van der Waals surface area contributed by atoms with Crippen molar-refractivity contribution >= 4 is 26.7 Å². The molecule has 0 bridgehead atoms. The smallest absolute Gasteiger partial charge is 0.265 e. The molecule has 1 aliphatic carbocycles. The van der Waals surface area contributed by atoms with Crippen molar-refractivity contribution < 1.29 is 13.2 Å². The van der Waals surface area contributed by atoms with Crippen LogP contribution in [0.15, 0.2) is 42.5 Å². The van der Waals surface area contributed by atoms with E-state index in [1.54, 1.807) is 12.1 Å². The summed E-state index contributed by atoms with van der Waals surface area (Å²) in [5.74, 6) is -0.293. The van der Waals surface area contributed by atoms with Crippen LogP contribution >= 0.6 is 0 Å². The number of rotatable bonds is 4. The van der Waals surface area contributed by atoms with Crippen molar-refractivity contribution in [1.82, 2.24) is 4.72 Å². The average Bonchev–Trinajstić information content (AvgIpc) is 3.20. The first kappa shape index (κ1) is 13.1. The lowest BCUT2D eigenvalue weighted by atomic mass is 10.0. The number of amides is 1. The summed E-state index contributed by atoms with van der Waals surface area (Å²) < 4.78 is 25.9. The SMILES string of the molecule is O=C(NS(=O)(=O)CC1CC1)c1cccc2ccccc12. The molecule has 1 N–H and O–H groups in total. The Kier molecular flexibility index (Phi) is 3.22. The van der Waals surface area contributed by atoms with Crippen LogP contribution in [0.4, 0.5) is 0 Å². The summed E-state index contributed by atoms with van der Waals surface area (Å²) >= 11 is 0. The number of benzene rings is 2. The van der Waals surface area contributed by atoms with Gasteiger partial charge < -0.3 is 0 Å². The van der Waals surface area contributed by atoms with Gasteiger partial charge in [-0.1, -0.05) is 36.4 Å². The van der Waals surface area contributed by atoms with E-state index in [-0.39, 0.29) is 11.7 Å². The molecule has 4 nitrogen and oxygen atoms in total. The summed E-state index contributed by atoms with van der Waals surface area (Å²) in [6, 6.07) is 12.7. The van der Waals surface area contributed by atoms with Crippen LogP contribution in [0.25, 0.3) is 10.8 Å². The summed E-state index contributed by atoms with van der Waals surface area (Å²) in [5, 5.41) is 1.67. The van der Waals surface area contributed by atoms with Crippen molar-refractivity contribution in [2.45, 2.75) is 12.8 Å². The zero-order chi connectivity index (χ0) is 14.2. The molecule has 20 heavy (non-hydrogen) atoms. The lowest BCUT2D eigenvalue weighted by Gasteiger charge is -2.08. The van der Waals surface area contributed by atoms with Crippen LogP contribution in [-0.2, 0) is 10.0 Å². The minimum atomic E-state index is -3.53. The van der Waals surface area contributed by atoms with Gasteiger partial charge in [0.1, 0.15) is 0 Å². The molecule has 0 unspecified atom stereocenters. The minimum absolute atomic E-state index is 0.0451. The maximum Gasteiger partial charge on any atom is 0.265 e. The molecule has 1 fully saturated rings. The lowest BCUT2D eigenvalue weighted by molar-refractivity contribution is 0.0983. The minimum Gasteiger partial charge on any atom is -0.268 e. The predicted octanol–water partition coefficient (Wildman–Crippen LogP) is 2.31. The Hall–Kier alpha value is -1.88. The van der Waals surface area contributed by atoms with Gasteiger partial charge in [-0.25, -0.2) is 13.1 Å². The molecular formula is C15H15NO3S. The number of carbonyl (C=O) groups is 1. The van der Waals surface area contributed by atoms with Gasteiger partial charge in [-0.15, -0.1) is 0 Å². The van der Waals surface area contributed by atoms with Crippen molar-refractivity contribution in [2.24, 2.45) is 5.92 Å². The molecule has 0 aliphatic heterocycles. The third kappa shape index (κ3) is 2.82. The normalized spacial score (nSPS) is 15.2. The van der Waals surface area contributed by atoms with Gasteiger partial charge in [0.05, 0.1) is 5.75 Å². The summed E-state index contributed by atoms with van der Waals surface area (Å²) in [5.41, 5.74) is 0.391. The summed E-state index contributed by atoms with van der Waals surface area (Å²) in [6.45, 7) is 0. The van der Waals surface area contributed by atoms with E-state index in [0.717, 1.165) is 23.6 Å². The molecule has 0 heterocycles. The van der Waals surface area contributed by atoms with Crippen LogP contribution in [0.1, 0.15) is 23.2 Å². The second kappa shape index (κ2) is 4.90. The van der Waals surface area contributed by atoms with Crippen molar-refractivity contribution in [3.63, 3.8) is 0 Å². The van der Waals surface area contributed by atoms with E-state index in [4.69, 9.17) is 0 Å². The molecule has 2 aromatic carbocycles. The first-order valence-electron chi connectivity index (χ1n) is 6.58. The zero-order valence-electron chi connectivity index (χ0n) is 10.9. The Labute approximate surface area is 117 Å². The first-order valence-corrected chi connectivity index (χ1v) is 8.23. The van der Waals surface area contributed by atoms with E-state index >= 15 is 0 Å². The lowest BCUT2D eigenvalue weighted by Crippen LogP contribution is -2.33. The molecule has 0 spiro atoms. The van der Waals surface area contributed by atoms with Gasteiger partial charge in [-0.05, 0) is 35.6 Å².